The number of aromatic amines is 1. The number of nitrogens with zero attached hydrogens (tertiary/aromatic N) is 2. The summed E-state index contributed by atoms with van der Waals surface area (Å²) in [6.45, 7) is 8.66. The third-order valence-electron chi connectivity index (χ3n) is 6.14. The van der Waals surface area contributed by atoms with Crippen molar-refractivity contribution in [3.05, 3.63) is 59.6 Å². The SMILES string of the molecule is C=C(/C(=N\C(=C/C)OCCNCCCF)OC)[C@@H]1c2[nH]c3ccccc3c2C[C@@H](C)N1CC(F)F. The number of methoxy groups -OCH3 is 1. The molecular weight excluding hydrogens is 457 g/mol. The van der Waals surface area contributed by atoms with E-state index in [1.165, 1.54) is 7.11 Å². The van der Waals surface area contributed by atoms with Gasteiger partial charge in [0.25, 0.3) is 6.43 Å². The fourth-order valence-electron chi connectivity index (χ4n) is 4.52. The van der Waals surface area contributed by atoms with Gasteiger partial charge in [-0.3, -0.25) is 9.29 Å². The van der Waals surface area contributed by atoms with Crippen LogP contribution in [-0.2, 0) is 15.9 Å². The molecule has 6 nitrogen and oxygen atoms in total. The maximum absolute atomic E-state index is 13.6. The van der Waals surface area contributed by atoms with E-state index in [4.69, 9.17) is 9.47 Å². The highest BCUT2D eigenvalue weighted by atomic mass is 19.3. The molecule has 0 saturated heterocycles. The number of rotatable bonds is 12. The molecule has 0 spiro atoms. The highest BCUT2D eigenvalue weighted by Gasteiger charge is 2.39. The van der Waals surface area contributed by atoms with E-state index in [1.807, 2.05) is 31.2 Å². The molecule has 0 bridgehead atoms. The van der Waals surface area contributed by atoms with Crippen molar-refractivity contribution in [1.82, 2.24) is 15.2 Å². The summed E-state index contributed by atoms with van der Waals surface area (Å²) >= 11 is 0. The molecule has 1 aromatic carbocycles. The standard InChI is InChI=1S/C26H35F3N4O2/c1-5-23(35-14-13-30-12-8-11-27)32-26(34-4)18(3)25-24-20(15-17(2)33(25)16-22(28)29)19-9-6-7-10-21(19)31-24/h5-7,9-10,17,22,25,30-31H,3,8,11-16H2,1-2,4H3/b23-5+,32-26+/t17-,25-/m1/s1. The van der Waals surface area contributed by atoms with E-state index in [1.54, 1.807) is 17.9 Å². The fraction of sp³-hybridized carbons (Fsp3) is 0.500. The molecule has 192 valence electrons. The van der Waals surface area contributed by atoms with Crippen molar-refractivity contribution < 1.29 is 22.6 Å². The lowest BCUT2D eigenvalue weighted by Crippen LogP contribution is -2.46. The van der Waals surface area contributed by atoms with Crippen LogP contribution in [-0.4, -0.2) is 68.3 Å². The Morgan fingerprint density at radius 3 is 2.80 bits per heavy atom. The van der Waals surface area contributed by atoms with Crippen molar-refractivity contribution in [2.45, 2.75) is 45.2 Å². The molecule has 2 aromatic rings. The quantitative estimate of drug-likeness (QED) is 0.186. The average Bonchev–Trinajstić information content (AvgIpc) is 3.21. The zero-order chi connectivity index (χ0) is 25.4. The molecule has 0 radical (unpaired) electrons. The second-order valence-corrected chi connectivity index (χ2v) is 8.52. The second kappa shape index (κ2) is 12.8. The van der Waals surface area contributed by atoms with Crippen LogP contribution in [0.25, 0.3) is 10.9 Å². The number of H-pyrrole nitrogens is 1. The van der Waals surface area contributed by atoms with E-state index >= 15 is 0 Å². The van der Waals surface area contributed by atoms with E-state index in [9.17, 15) is 13.2 Å². The first-order valence-corrected chi connectivity index (χ1v) is 11.9. The summed E-state index contributed by atoms with van der Waals surface area (Å²) < 4.78 is 50.7. The lowest BCUT2D eigenvalue weighted by molar-refractivity contribution is 0.0454. The van der Waals surface area contributed by atoms with Gasteiger partial charge in [0.15, 0.2) is 0 Å². The van der Waals surface area contributed by atoms with E-state index in [-0.39, 0.29) is 18.6 Å². The van der Waals surface area contributed by atoms with E-state index < -0.39 is 19.0 Å². The van der Waals surface area contributed by atoms with Crippen LogP contribution < -0.4 is 5.32 Å². The Balaban J connectivity index is 1.89. The van der Waals surface area contributed by atoms with E-state index in [0.29, 0.717) is 44.0 Å². The van der Waals surface area contributed by atoms with Gasteiger partial charge in [0.1, 0.15) is 6.61 Å². The second-order valence-electron chi connectivity index (χ2n) is 8.52. The molecule has 0 fully saturated rings. The van der Waals surface area contributed by atoms with Gasteiger partial charge in [-0.1, -0.05) is 24.8 Å². The number of nitrogens with one attached hydrogen (secondary N) is 2. The first-order chi connectivity index (χ1) is 16.9. The van der Waals surface area contributed by atoms with Crippen LogP contribution in [0.5, 0.6) is 0 Å². The molecule has 9 heteroatoms. The lowest BCUT2D eigenvalue weighted by Gasteiger charge is -2.41. The number of alkyl halides is 3. The third-order valence-corrected chi connectivity index (χ3v) is 6.14. The smallest absolute Gasteiger partial charge is 0.251 e. The Bertz CT molecular complexity index is 1050. The molecular formula is C26H35F3N4O2. The predicted molar refractivity (Wildman–Crippen MR) is 134 cm³/mol. The van der Waals surface area contributed by atoms with E-state index in [2.05, 4.69) is 21.9 Å². The van der Waals surface area contributed by atoms with Gasteiger partial charge in [0, 0.05) is 34.8 Å². The number of fused-ring (bicyclic) bond motifs is 3. The van der Waals surface area contributed by atoms with Crippen LogP contribution in [0, 0.1) is 0 Å². The molecule has 1 aliphatic rings. The Hall–Kier alpha value is -2.78. The van der Waals surface area contributed by atoms with Crippen LogP contribution in [0.3, 0.4) is 0 Å². The largest absolute Gasteiger partial charge is 0.481 e. The van der Waals surface area contributed by atoms with Crippen molar-refractivity contribution in [1.29, 1.82) is 0 Å². The number of hydrogen-bond acceptors (Lipinski definition) is 5. The van der Waals surface area contributed by atoms with Crippen LogP contribution in [0.2, 0.25) is 0 Å². The minimum absolute atomic E-state index is 0.136. The molecule has 2 heterocycles. The minimum Gasteiger partial charge on any atom is -0.481 e. The van der Waals surface area contributed by atoms with Gasteiger partial charge < -0.3 is 19.8 Å². The molecule has 3 rings (SSSR count). The molecule has 0 amide bonds. The number of hydrogen-bond donors (Lipinski definition) is 2. The molecule has 2 atom stereocenters. The monoisotopic (exact) mass is 492 g/mol. The third kappa shape index (κ3) is 6.46. The zero-order valence-corrected chi connectivity index (χ0v) is 20.6. The molecule has 1 aliphatic heterocycles. The summed E-state index contributed by atoms with van der Waals surface area (Å²) in [4.78, 5) is 9.70. The van der Waals surface area contributed by atoms with Gasteiger partial charge in [0.2, 0.25) is 11.8 Å². The van der Waals surface area contributed by atoms with Gasteiger partial charge in [-0.25, -0.2) is 8.78 Å². The summed E-state index contributed by atoms with van der Waals surface area (Å²) in [7, 11) is 1.48. The highest BCUT2D eigenvalue weighted by Crippen LogP contribution is 2.41. The highest BCUT2D eigenvalue weighted by molar-refractivity contribution is 5.95. The Kier molecular flexibility index (Phi) is 9.80. The molecule has 0 aliphatic carbocycles. The number of halogens is 3. The average molecular weight is 493 g/mol. The molecule has 1 aromatic heterocycles. The Labute approximate surface area is 204 Å². The van der Waals surface area contributed by atoms with Gasteiger partial charge in [-0.05, 0) is 50.9 Å². The van der Waals surface area contributed by atoms with Crippen LogP contribution in [0.15, 0.2) is 53.4 Å². The number of benzene rings is 1. The maximum atomic E-state index is 13.6. The molecule has 35 heavy (non-hydrogen) atoms. The van der Waals surface area contributed by atoms with Gasteiger partial charge >= 0.3 is 0 Å². The normalized spacial score (nSPS) is 19.3. The first-order valence-electron chi connectivity index (χ1n) is 11.9. The first kappa shape index (κ1) is 26.8. The lowest BCUT2D eigenvalue weighted by atomic mass is 9.89. The van der Waals surface area contributed by atoms with Gasteiger partial charge in [-0.15, -0.1) is 0 Å². The number of aromatic nitrogens is 1. The van der Waals surface area contributed by atoms with Crippen LogP contribution in [0.1, 0.15) is 37.6 Å². The number of para-hydroxylation sites is 1. The molecule has 2 N–H and O–H groups in total. The predicted octanol–water partition coefficient (Wildman–Crippen LogP) is 5.15. The van der Waals surface area contributed by atoms with Crippen LogP contribution in [0.4, 0.5) is 13.2 Å². The van der Waals surface area contributed by atoms with E-state index in [0.717, 1.165) is 22.2 Å². The minimum atomic E-state index is -2.50. The number of allylic oxidation sites excluding steroid dienone is 1. The van der Waals surface area contributed by atoms with Crippen molar-refractivity contribution in [2.24, 2.45) is 4.99 Å². The van der Waals surface area contributed by atoms with Crippen molar-refractivity contribution in [3.8, 4) is 0 Å². The molecule has 0 saturated carbocycles. The topological polar surface area (TPSA) is 61.9 Å². The van der Waals surface area contributed by atoms with Crippen molar-refractivity contribution in [2.75, 3.05) is 40.0 Å². The summed E-state index contributed by atoms with van der Waals surface area (Å²) in [5, 5.41) is 4.17. The maximum Gasteiger partial charge on any atom is 0.251 e. The molecule has 0 unspecified atom stereocenters. The van der Waals surface area contributed by atoms with Crippen molar-refractivity contribution in [3.63, 3.8) is 0 Å². The van der Waals surface area contributed by atoms with Crippen LogP contribution >= 0.6 is 0 Å². The Morgan fingerprint density at radius 1 is 1.34 bits per heavy atom. The fourth-order valence-corrected chi connectivity index (χ4v) is 4.52. The van der Waals surface area contributed by atoms with Gasteiger partial charge in [-0.2, -0.15) is 4.99 Å². The summed E-state index contributed by atoms with van der Waals surface area (Å²) in [6.07, 6.45) is 0.296. The number of aliphatic imine (C=N–C) groups is 1. The summed E-state index contributed by atoms with van der Waals surface area (Å²) in [5.74, 6) is 0.544. The zero-order valence-electron chi connectivity index (χ0n) is 20.6. The van der Waals surface area contributed by atoms with Gasteiger partial charge in [0.05, 0.1) is 26.4 Å². The summed E-state index contributed by atoms with van der Waals surface area (Å²) in [5.41, 5.74) is 3.35. The summed E-state index contributed by atoms with van der Waals surface area (Å²) in [6, 6.07) is 7.24. The van der Waals surface area contributed by atoms with Crippen molar-refractivity contribution >= 4 is 16.8 Å². The Morgan fingerprint density at radius 2 is 2.11 bits per heavy atom. The number of ether oxygens (including phenoxy) is 2.